The first kappa shape index (κ1) is 34.2. The van der Waals surface area contributed by atoms with Crippen molar-refractivity contribution in [2.24, 2.45) is 0 Å². The Morgan fingerprint density at radius 3 is 1.03 bits per heavy atom. The van der Waals surface area contributed by atoms with Crippen LogP contribution in [-0.2, 0) is 0 Å². The van der Waals surface area contributed by atoms with Crippen LogP contribution >= 0.6 is 0 Å². The van der Waals surface area contributed by atoms with E-state index in [0.29, 0.717) is 0 Å². The summed E-state index contributed by atoms with van der Waals surface area (Å²) in [6.45, 7) is -3.61. The van der Waals surface area contributed by atoms with Gasteiger partial charge in [-0.25, -0.2) is 0 Å². The Bertz CT molecular complexity index is 717. The number of para-hydroxylation sites is 2. The zero-order chi connectivity index (χ0) is 24.3. The van der Waals surface area contributed by atoms with E-state index in [2.05, 4.69) is 0 Å². The average molecular weight is 554 g/mol. The summed E-state index contributed by atoms with van der Waals surface area (Å²) in [5, 5.41) is 23.3. The Morgan fingerprint density at radius 2 is 0.818 bits per heavy atom. The summed E-state index contributed by atoms with van der Waals surface area (Å²) in [6, 6.07) is 3.40. The van der Waals surface area contributed by atoms with Gasteiger partial charge in [-0.1, -0.05) is 12.1 Å². The van der Waals surface area contributed by atoms with Crippen molar-refractivity contribution in [3.8, 4) is 0 Å². The van der Waals surface area contributed by atoms with Crippen molar-refractivity contribution < 1.29 is 166 Å². The van der Waals surface area contributed by atoms with Gasteiger partial charge in [0.2, 0.25) is 6.67 Å². The number of hydrogen-bond donors (Lipinski definition) is 0. The molecule has 1 aromatic rings. The summed E-state index contributed by atoms with van der Waals surface area (Å²) in [7, 11) is 0. The molecule has 0 saturated carbocycles. The van der Waals surface area contributed by atoms with Crippen LogP contribution in [0.3, 0.4) is 0 Å². The van der Waals surface area contributed by atoms with E-state index in [1.807, 2.05) is 0 Å². The molecule has 0 aliphatic carbocycles. The molecule has 2 radical (unpaired) electrons. The summed E-state index contributed by atoms with van der Waals surface area (Å²) < 4.78 is 154. The first-order valence-electron chi connectivity index (χ1n) is 7.74. The van der Waals surface area contributed by atoms with Crippen LogP contribution in [0, 0.1) is 6.67 Å². The van der Waals surface area contributed by atoms with Crippen molar-refractivity contribution in [2.45, 2.75) is 35.9 Å². The maximum absolute atomic E-state index is 12.9. The fourth-order valence-corrected chi connectivity index (χ4v) is 2.54. The minimum atomic E-state index is -6.43. The molecule has 0 unspecified atom stereocenters. The molecule has 33 heavy (non-hydrogen) atoms. The minimum absolute atomic E-state index is 0. The second kappa shape index (κ2) is 10.9. The predicted octanol–water partition coefficient (Wildman–Crippen LogP) is -3.24. The van der Waals surface area contributed by atoms with E-state index >= 15 is 0 Å². The fourth-order valence-electron chi connectivity index (χ4n) is 2.54. The topological polar surface area (TPSA) is 52.6 Å². The smallest absolute Gasteiger partial charge is 0.835 e. The van der Waals surface area contributed by atoms with Crippen LogP contribution in [0.5, 0.6) is 0 Å². The van der Waals surface area contributed by atoms with Gasteiger partial charge in [-0.05, 0) is 12.1 Å². The van der Waals surface area contributed by atoms with Crippen molar-refractivity contribution in [1.29, 1.82) is 0 Å². The van der Waals surface area contributed by atoms with Gasteiger partial charge in [0.05, 0.1) is 11.4 Å². The predicted molar refractivity (Wildman–Crippen MR) is 74.1 cm³/mol. The van der Waals surface area contributed by atoms with E-state index in [1.54, 1.807) is 0 Å². The van der Waals surface area contributed by atoms with E-state index in [1.165, 1.54) is 6.67 Å². The van der Waals surface area contributed by atoms with Crippen LogP contribution < -0.4 is 123 Å². The molecule has 1 heterocycles. The van der Waals surface area contributed by atoms with Crippen LogP contribution in [0.25, 0.3) is 0 Å². The second-order valence-electron chi connectivity index (χ2n) is 6.41. The summed E-state index contributed by atoms with van der Waals surface area (Å²) in [5.41, 5.74) is -12.9. The number of nitrogens with zero attached hydrogens (tertiary/aromatic N) is 2. The Kier molecular flexibility index (Phi) is 11.3. The molecule has 0 atom stereocenters. The standard InChI is InChI=1S/C15H8F12N2O2.2K/c16-12(17,18)10(30,13(19,20)21)5-28-7-29(9-4-2-1-3-8(9)28)6-11(31,14(22,23)24)15(25,26)27;;/h1-4H,5-6H2;;/q-2;2*+1. The molecule has 0 N–H and O–H groups in total. The number of anilines is 2. The van der Waals surface area contributed by atoms with Gasteiger partial charge < -0.3 is 20.0 Å². The second-order valence-corrected chi connectivity index (χ2v) is 6.41. The largest absolute Gasteiger partial charge is 1.00 e. The van der Waals surface area contributed by atoms with Crippen LogP contribution in [-0.4, -0.2) is 49.0 Å². The Morgan fingerprint density at radius 1 is 0.576 bits per heavy atom. The van der Waals surface area contributed by atoms with E-state index in [9.17, 15) is 62.9 Å². The molecule has 0 amide bonds. The molecule has 1 aliphatic heterocycles. The molecule has 2 rings (SSSR count). The quantitative estimate of drug-likeness (QED) is 0.290. The molecule has 4 nitrogen and oxygen atoms in total. The zero-order valence-electron chi connectivity index (χ0n) is 16.5. The van der Waals surface area contributed by atoms with Gasteiger partial charge in [-0.2, -0.15) is 52.7 Å². The first-order valence-corrected chi connectivity index (χ1v) is 7.74. The van der Waals surface area contributed by atoms with Crippen LogP contribution in [0.15, 0.2) is 24.3 Å². The van der Waals surface area contributed by atoms with Gasteiger partial charge in [-0.3, -0.25) is 0 Å². The average Bonchev–Trinajstić information content (AvgIpc) is 2.88. The monoisotopic (exact) mass is 554 g/mol. The van der Waals surface area contributed by atoms with E-state index in [4.69, 9.17) is 0 Å². The maximum Gasteiger partial charge on any atom is 1.00 e. The Balaban J connectivity index is 0.00000512. The van der Waals surface area contributed by atoms with E-state index in [-0.39, 0.29) is 113 Å². The molecule has 1 aromatic carbocycles. The van der Waals surface area contributed by atoms with Gasteiger partial charge in [0.25, 0.3) is 0 Å². The van der Waals surface area contributed by atoms with Gasteiger partial charge in [-0.15, -0.1) is 0 Å². The van der Waals surface area contributed by atoms with Gasteiger partial charge in [0.1, 0.15) is 11.2 Å². The van der Waals surface area contributed by atoms with E-state index in [0.717, 1.165) is 24.3 Å². The van der Waals surface area contributed by atoms with E-state index < -0.39 is 60.4 Å². The molecule has 0 saturated heterocycles. The third-order valence-electron chi connectivity index (χ3n) is 4.30. The Hall–Kier alpha value is 1.17. The summed E-state index contributed by atoms with van der Waals surface area (Å²) >= 11 is 0. The molecular formula is C15H8F12K2N2O2. The molecule has 0 fully saturated rings. The number of alkyl halides is 12. The number of fused-ring (bicyclic) bond motifs is 1. The van der Waals surface area contributed by atoms with Crippen LogP contribution in [0.4, 0.5) is 64.1 Å². The third-order valence-corrected chi connectivity index (χ3v) is 4.30. The molecule has 0 aromatic heterocycles. The molecule has 176 valence electrons. The number of hydrogen-bond acceptors (Lipinski definition) is 4. The van der Waals surface area contributed by atoms with Crippen LogP contribution in [0.1, 0.15) is 0 Å². The third kappa shape index (κ3) is 6.55. The fraction of sp³-hybridized carbons (Fsp3) is 0.533. The van der Waals surface area contributed by atoms with Gasteiger partial charge in [0, 0.05) is 13.1 Å². The number of halogens is 12. The zero-order valence-corrected chi connectivity index (χ0v) is 22.7. The number of benzene rings is 1. The molecule has 18 heteroatoms. The summed E-state index contributed by atoms with van der Waals surface area (Å²) in [5.74, 6) is 0. The summed E-state index contributed by atoms with van der Waals surface area (Å²) in [6.07, 6.45) is -25.7. The van der Waals surface area contributed by atoms with Crippen molar-refractivity contribution in [3.05, 3.63) is 30.9 Å². The van der Waals surface area contributed by atoms with Crippen molar-refractivity contribution in [3.63, 3.8) is 0 Å². The van der Waals surface area contributed by atoms with Gasteiger partial charge >= 0.3 is 127 Å². The van der Waals surface area contributed by atoms with Crippen molar-refractivity contribution in [2.75, 3.05) is 22.9 Å². The first-order chi connectivity index (χ1) is 13.7. The maximum atomic E-state index is 12.9. The van der Waals surface area contributed by atoms with Crippen molar-refractivity contribution >= 4 is 11.4 Å². The molecule has 0 spiro atoms. The minimum Gasteiger partial charge on any atom is -0.835 e. The van der Waals surface area contributed by atoms with Gasteiger partial charge in [0.15, 0.2) is 0 Å². The normalized spacial score (nSPS) is 15.7. The van der Waals surface area contributed by atoms with Crippen LogP contribution in [0.2, 0.25) is 0 Å². The summed E-state index contributed by atoms with van der Waals surface area (Å²) in [4.78, 5) is -0.451. The molecule has 1 aliphatic rings. The SMILES string of the molecule is [K+].[K+].[O-]C(CN1[C]N(CC([O-])(C(F)(F)F)C(F)(F)F)c2ccccc21)(C(F)(F)F)C(F)(F)F. The Labute approximate surface area is 263 Å². The molecular weight excluding hydrogens is 546 g/mol. The van der Waals surface area contributed by atoms with Crippen molar-refractivity contribution in [1.82, 2.24) is 0 Å². The number of rotatable bonds is 4. The molecule has 0 bridgehead atoms.